The van der Waals surface area contributed by atoms with Crippen LogP contribution in [-0.4, -0.2) is 19.2 Å². The fourth-order valence-corrected chi connectivity index (χ4v) is 3.91. The number of nitrogens with one attached hydrogen (secondary N) is 1. The zero-order chi connectivity index (χ0) is 17.6. The predicted octanol–water partition coefficient (Wildman–Crippen LogP) is 3.76. The van der Waals surface area contributed by atoms with Crippen molar-refractivity contribution in [2.24, 2.45) is 0 Å². The highest BCUT2D eigenvalue weighted by Gasteiger charge is 2.27. The van der Waals surface area contributed by atoms with Crippen molar-refractivity contribution in [2.45, 2.75) is 65.1 Å². The third-order valence-electron chi connectivity index (χ3n) is 5.16. The molecule has 1 atom stereocenters. The van der Waals surface area contributed by atoms with E-state index in [4.69, 9.17) is 0 Å². The Balaban J connectivity index is 1.57. The third kappa shape index (κ3) is 2.86. The van der Waals surface area contributed by atoms with Crippen LogP contribution in [-0.2, 0) is 18.5 Å². The van der Waals surface area contributed by atoms with Crippen LogP contribution in [0.25, 0.3) is 5.65 Å². The summed E-state index contributed by atoms with van der Waals surface area (Å²) >= 11 is 0. The van der Waals surface area contributed by atoms with Crippen LogP contribution in [0.2, 0.25) is 0 Å². The van der Waals surface area contributed by atoms with E-state index in [1.165, 1.54) is 35.4 Å². The molecule has 4 rings (SSSR count). The molecule has 3 aromatic heterocycles. The Kier molecular flexibility index (Phi) is 3.91. The lowest BCUT2D eigenvalue weighted by Crippen LogP contribution is -2.29. The SMILES string of the molecule is Cc1cccn2c(CN[C@H]3CCCc4c3cnn4C(C)(C)C)cnc12. The smallest absolute Gasteiger partial charge is 0.139 e. The van der Waals surface area contributed by atoms with E-state index in [0.717, 1.165) is 18.6 Å². The average molecular weight is 337 g/mol. The van der Waals surface area contributed by atoms with E-state index in [0.29, 0.717) is 6.04 Å². The van der Waals surface area contributed by atoms with Gasteiger partial charge in [-0.05, 0) is 58.6 Å². The van der Waals surface area contributed by atoms with E-state index < -0.39 is 0 Å². The number of hydrogen-bond acceptors (Lipinski definition) is 3. The molecule has 3 heterocycles. The van der Waals surface area contributed by atoms with E-state index >= 15 is 0 Å². The van der Waals surface area contributed by atoms with E-state index in [-0.39, 0.29) is 5.54 Å². The minimum absolute atomic E-state index is 0.0364. The third-order valence-corrected chi connectivity index (χ3v) is 5.16. The van der Waals surface area contributed by atoms with Crippen molar-refractivity contribution in [3.8, 4) is 0 Å². The Labute approximate surface area is 149 Å². The standard InChI is InChI=1S/C20H27N5/c1-14-7-6-10-24-15(12-22-19(14)24)11-21-17-8-5-9-18-16(17)13-23-25(18)20(2,3)4/h6-7,10,12-13,17,21H,5,8-9,11H2,1-4H3/t17-/m0/s1. The quantitative estimate of drug-likeness (QED) is 0.791. The topological polar surface area (TPSA) is 47.1 Å². The predicted molar refractivity (Wildman–Crippen MR) is 99.7 cm³/mol. The Morgan fingerprint density at radius 1 is 1.28 bits per heavy atom. The summed E-state index contributed by atoms with van der Waals surface area (Å²) in [5.41, 5.74) is 6.25. The van der Waals surface area contributed by atoms with Crippen LogP contribution < -0.4 is 5.32 Å². The van der Waals surface area contributed by atoms with E-state index in [1.807, 2.05) is 6.20 Å². The highest BCUT2D eigenvalue weighted by molar-refractivity contribution is 5.48. The number of hydrogen-bond donors (Lipinski definition) is 1. The molecule has 0 aromatic carbocycles. The zero-order valence-corrected chi connectivity index (χ0v) is 15.6. The first-order valence-corrected chi connectivity index (χ1v) is 9.17. The normalized spacial score (nSPS) is 17.8. The maximum atomic E-state index is 4.68. The van der Waals surface area contributed by atoms with Gasteiger partial charge in [0.25, 0.3) is 0 Å². The van der Waals surface area contributed by atoms with Gasteiger partial charge in [-0.25, -0.2) is 4.98 Å². The van der Waals surface area contributed by atoms with Crippen LogP contribution in [0.15, 0.2) is 30.7 Å². The van der Waals surface area contributed by atoms with Gasteiger partial charge >= 0.3 is 0 Å². The van der Waals surface area contributed by atoms with Crippen LogP contribution >= 0.6 is 0 Å². The Bertz CT molecular complexity index is 897. The summed E-state index contributed by atoms with van der Waals surface area (Å²) in [7, 11) is 0. The molecule has 25 heavy (non-hydrogen) atoms. The molecule has 1 aliphatic rings. The van der Waals surface area contributed by atoms with Gasteiger partial charge in [0.2, 0.25) is 0 Å². The first kappa shape index (κ1) is 16.3. The number of aromatic nitrogens is 4. The average Bonchev–Trinajstić information content (AvgIpc) is 3.17. The number of pyridine rings is 1. The molecule has 0 bridgehead atoms. The summed E-state index contributed by atoms with van der Waals surface area (Å²) in [4.78, 5) is 4.57. The Morgan fingerprint density at radius 2 is 2.12 bits per heavy atom. The minimum atomic E-state index is 0.0364. The van der Waals surface area contributed by atoms with Crippen LogP contribution in [0.3, 0.4) is 0 Å². The fraction of sp³-hybridized carbons (Fsp3) is 0.500. The number of fused-ring (bicyclic) bond motifs is 2. The maximum absolute atomic E-state index is 4.68. The minimum Gasteiger partial charge on any atom is -0.304 e. The zero-order valence-electron chi connectivity index (χ0n) is 15.6. The van der Waals surface area contributed by atoms with Gasteiger partial charge in [-0.1, -0.05) is 6.07 Å². The second-order valence-electron chi connectivity index (χ2n) is 8.09. The van der Waals surface area contributed by atoms with E-state index in [1.54, 1.807) is 0 Å². The summed E-state index contributed by atoms with van der Waals surface area (Å²) in [6.07, 6.45) is 9.64. The van der Waals surface area contributed by atoms with Crippen LogP contribution in [0.5, 0.6) is 0 Å². The van der Waals surface area contributed by atoms with Crippen molar-refractivity contribution in [3.63, 3.8) is 0 Å². The van der Waals surface area contributed by atoms with Crippen LogP contribution in [0, 0.1) is 6.92 Å². The molecule has 0 radical (unpaired) electrons. The molecule has 132 valence electrons. The summed E-state index contributed by atoms with van der Waals surface area (Å²) in [6.45, 7) is 9.58. The van der Waals surface area contributed by atoms with Gasteiger partial charge in [-0.3, -0.25) is 4.68 Å². The molecule has 0 spiro atoms. The molecular weight excluding hydrogens is 310 g/mol. The first-order valence-electron chi connectivity index (χ1n) is 9.17. The van der Waals surface area contributed by atoms with Crippen molar-refractivity contribution in [3.05, 3.63) is 53.2 Å². The highest BCUT2D eigenvalue weighted by Crippen LogP contribution is 2.32. The molecule has 1 N–H and O–H groups in total. The molecule has 0 saturated carbocycles. The number of aryl methyl sites for hydroxylation is 1. The first-order chi connectivity index (χ1) is 11.9. The number of rotatable bonds is 3. The molecule has 0 saturated heterocycles. The molecule has 0 amide bonds. The van der Waals surface area contributed by atoms with Crippen LogP contribution in [0.4, 0.5) is 0 Å². The van der Waals surface area contributed by atoms with Gasteiger partial charge in [-0.15, -0.1) is 0 Å². The molecule has 5 heteroatoms. The van der Waals surface area contributed by atoms with E-state index in [9.17, 15) is 0 Å². The molecular formula is C20H27N5. The van der Waals surface area contributed by atoms with Crippen molar-refractivity contribution < 1.29 is 0 Å². The van der Waals surface area contributed by atoms with Gasteiger partial charge in [0.05, 0.1) is 23.6 Å². The lowest BCUT2D eigenvalue weighted by atomic mass is 9.92. The van der Waals surface area contributed by atoms with Gasteiger partial charge in [0.15, 0.2) is 0 Å². The number of nitrogens with zero attached hydrogens (tertiary/aromatic N) is 4. The second-order valence-corrected chi connectivity index (χ2v) is 8.09. The highest BCUT2D eigenvalue weighted by atomic mass is 15.3. The lowest BCUT2D eigenvalue weighted by Gasteiger charge is -2.28. The van der Waals surface area contributed by atoms with Gasteiger partial charge in [0.1, 0.15) is 5.65 Å². The van der Waals surface area contributed by atoms with Gasteiger partial charge < -0.3 is 9.72 Å². The van der Waals surface area contributed by atoms with Crippen molar-refractivity contribution in [2.75, 3.05) is 0 Å². The molecule has 0 fully saturated rings. The summed E-state index contributed by atoms with van der Waals surface area (Å²) in [5, 5.41) is 8.43. The number of imidazole rings is 1. The van der Waals surface area contributed by atoms with Crippen molar-refractivity contribution in [1.82, 2.24) is 24.5 Å². The maximum Gasteiger partial charge on any atom is 0.139 e. The molecule has 3 aromatic rings. The Hall–Kier alpha value is -2.14. The molecule has 1 aliphatic carbocycles. The van der Waals surface area contributed by atoms with Crippen molar-refractivity contribution in [1.29, 1.82) is 0 Å². The van der Waals surface area contributed by atoms with Crippen molar-refractivity contribution >= 4 is 5.65 Å². The Morgan fingerprint density at radius 3 is 2.92 bits per heavy atom. The fourth-order valence-electron chi connectivity index (χ4n) is 3.91. The largest absolute Gasteiger partial charge is 0.304 e. The van der Waals surface area contributed by atoms with Gasteiger partial charge in [0, 0.05) is 30.0 Å². The van der Waals surface area contributed by atoms with Crippen LogP contribution in [0.1, 0.15) is 62.2 Å². The summed E-state index contributed by atoms with van der Waals surface area (Å²) in [5.74, 6) is 0. The second kappa shape index (κ2) is 5.99. The van der Waals surface area contributed by atoms with E-state index in [2.05, 4.69) is 76.7 Å². The molecule has 0 aliphatic heterocycles. The summed E-state index contributed by atoms with van der Waals surface area (Å²) in [6, 6.07) is 4.56. The molecule has 5 nitrogen and oxygen atoms in total. The summed E-state index contributed by atoms with van der Waals surface area (Å²) < 4.78 is 4.39. The lowest BCUT2D eigenvalue weighted by molar-refractivity contribution is 0.334. The van der Waals surface area contributed by atoms with Gasteiger partial charge in [-0.2, -0.15) is 5.10 Å². The monoisotopic (exact) mass is 337 g/mol. The molecule has 0 unspecified atom stereocenters.